The first-order valence-electron chi connectivity index (χ1n) is 13.3. The van der Waals surface area contributed by atoms with Crippen molar-refractivity contribution in [2.24, 2.45) is 10.9 Å². The number of hydrogen-bond acceptors (Lipinski definition) is 5. The summed E-state index contributed by atoms with van der Waals surface area (Å²) >= 11 is 0. The number of hydrogen-bond donors (Lipinski definition) is 4. The number of carbonyl (C=O) groups excluding carboxylic acids is 3. The predicted octanol–water partition coefficient (Wildman–Crippen LogP) is 4.08. The van der Waals surface area contributed by atoms with Crippen molar-refractivity contribution < 1.29 is 32.7 Å². The highest BCUT2D eigenvalue weighted by molar-refractivity contribution is 6.20. The number of anilines is 1. The van der Waals surface area contributed by atoms with Crippen molar-refractivity contribution in [1.29, 1.82) is 0 Å². The van der Waals surface area contributed by atoms with Crippen LogP contribution in [0.1, 0.15) is 68.2 Å². The molecular weight excluding hydrogens is 525 g/mol. The summed E-state index contributed by atoms with van der Waals surface area (Å²) in [5.41, 5.74) is 0.0380. The third-order valence-electron chi connectivity index (χ3n) is 7.29. The van der Waals surface area contributed by atoms with Crippen LogP contribution in [0.3, 0.4) is 0 Å². The van der Waals surface area contributed by atoms with E-state index in [4.69, 9.17) is 0 Å². The summed E-state index contributed by atoms with van der Waals surface area (Å²) in [7, 11) is 0. The Morgan fingerprint density at radius 3 is 2.38 bits per heavy atom. The smallest absolute Gasteiger partial charge is 0.383 e. The van der Waals surface area contributed by atoms with Gasteiger partial charge in [-0.25, -0.2) is 4.99 Å². The summed E-state index contributed by atoms with van der Waals surface area (Å²) in [4.78, 5) is 44.2. The Bertz CT molecular complexity index is 1320. The van der Waals surface area contributed by atoms with E-state index < -0.39 is 47.3 Å². The molecule has 3 amide bonds. The molecule has 4 rings (SSSR count). The lowest BCUT2D eigenvalue weighted by molar-refractivity contribution is -0.139. The summed E-state index contributed by atoms with van der Waals surface area (Å²) < 4.78 is 39.6. The second-order valence-electron chi connectivity index (χ2n) is 10.8. The molecule has 2 aromatic rings. The van der Waals surface area contributed by atoms with Gasteiger partial charge in [0.15, 0.2) is 0 Å². The average Bonchev–Trinajstić information content (AvgIpc) is 3.31. The molecule has 2 aromatic carbocycles. The minimum Gasteiger partial charge on any atom is -0.383 e. The zero-order valence-electron chi connectivity index (χ0n) is 22.6. The van der Waals surface area contributed by atoms with Crippen LogP contribution < -0.4 is 16.0 Å². The Morgan fingerprint density at radius 2 is 1.77 bits per heavy atom. The van der Waals surface area contributed by atoms with Crippen LogP contribution in [-0.2, 0) is 20.6 Å². The van der Waals surface area contributed by atoms with Crippen molar-refractivity contribution in [1.82, 2.24) is 10.6 Å². The lowest BCUT2D eigenvalue weighted by atomic mass is 9.94. The van der Waals surface area contributed by atoms with Gasteiger partial charge in [0.2, 0.25) is 18.0 Å². The Labute approximate surface area is 230 Å². The van der Waals surface area contributed by atoms with E-state index in [0.29, 0.717) is 48.1 Å². The molecule has 2 atom stereocenters. The number of aliphatic imine (C=N–C) groups is 1. The topological polar surface area (TPSA) is 120 Å². The van der Waals surface area contributed by atoms with Gasteiger partial charge in [-0.15, -0.1) is 0 Å². The van der Waals surface area contributed by atoms with Gasteiger partial charge in [-0.05, 0) is 49.8 Å². The van der Waals surface area contributed by atoms with E-state index >= 15 is 0 Å². The largest absolute Gasteiger partial charge is 0.416 e. The second-order valence-corrected chi connectivity index (χ2v) is 10.8. The van der Waals surface area contributed by atoms with Crippen LogP contribution >= 0.6 is 0 Å². The van der Waals surface area contributed by atoms with Gasteiger partial charge in [0.25, 0.3) is 5.91 Å². The van der Waals surface area contributed by atoms with E-state index in [1.165, 1.54) is 12.1 Å². The number of aryl methyl sites for hydroxylation is 1. The van der Waals surface area contributed by atoms with Crippen LogP contribution in [-0.4, -0.2) is 46.3 Å². The fourth-order valence-corrected chi connectivity index (χ4v) is 5.15. The maximum Gasteiger partial charge on any atom is 0.416 e. The molecule has 4 N–H and O–H groups in total. The molecular formula is C29H33F3N4O4. The lowest BCUT2D eigenvalue weighted by Crippen LogP contribution is -2.61. The SMILES string of the molecule is Cc1cccc2c1NC(=O)C(NC(=O)C1(NC(=O)[C@@H](O)CC(C)C)CCCC1)N=C2c1ccc(C(F)(F)F)cc1. The molecule has 214 valence electrons. The average molecular weight is 559 g/mol. The third-order valence-corrected chi connectivity index (χ3v) is 7.29. The standard InChI is InChI=1S/C29H33F3N4O4/c1-16(2)15-21(37)25(38)36-28(13-4-5-14-28)27(40)35-24-26(39)34-22-17(3)7-6-8-20(22)23(33-24)18-9-11-19(12-10-18)29(30,31)32/h6-12,16,21,24,37H,4-5,13-15H2,1-3H3,(H,34,39)(H,35,40)(H,36,38)/t21-,24?/m0/s1. The van der Waals surface area contributed by atoms with Crippen molar-refractivity contribution in [2.75, 3.05) is 5.32 Å². The zero-order valence-corrected chi connectivity index (χ0v) is 22.6. The molecule has 0 bridgehead atoms. The Morgan fingerprint density at radius 1 is 1.12 bits per heavy atom. The van der Waals surface area contributed by atoms with Gasteiger partial charge >= 0.3 is 6.18 Å². The van der Waals surface area contributed by atoms with Crippen LogP contribution in [0.2, 0.25) is 0 Å². The second kappa shape index (κ2) is 11.4. The number of aliphatic hydroxyl groups is 1. The molecule has 1 aliphatic carbocycles. The fourth-order valence-electron chi connectivity index (χ4n) is 5.15. The van der Waals surface area contributed by atoms with Crippen molar-refractivity contribution >= 4 is 29.1 Å². The van der Waals surface area contributed by atoms with E-state index in [9.17, 15) is 32.7 Å². The quantitative estimate of drug-likeness (QED) is 0.409. The molecule has 1 saturated carbocycles. The first kappa shape index (κ1) is 29.3. The van der Waals surface area contributed by atoms with Gasteiger partial charge in [0.1, 0.15) is 11.6 Å². The normalized spacial score (nSPS) is 19.2. The summed E-state index contributed by atoms with van der Waals surface area (Å²) in [6.45, 7) is 5.50. The highest BCUT2D eigenvalue weighted by Gasteiger charge is 2.45. The van der Waals surface area contributed by atoms with E-state index in [1.54, 1.807) is 25.1 Å². The monoisotopic (exact) mass is 558 g/mol. The number of nitrogens with zero attached hydrogens (tertiary/aromatic N) is 1. The first-order valence-corrected chi connectivity index (χ1v) is 13.3. The van der Waals surface area contributed by atoms with Crippen LogP contribution in [0.15, 0.2) is 47.5 Å². The number of alkyl halides is 3. The number of nitrogens with one attached hydrogen (secondary N) is 3. The van der Waals surface area contributed by atoms with Gasteiger partial charge in [-0.1, -0.05) is 57.0 Å². The summed E-state index contributed by atoms with van der Waals surface area (Å²) in [5.74, 6) is -1.85. The zero-order chi connectivity index (χ0) is 29.2. The minimum atomic E-state index is -4.52. The van der Waals surface area contributed by atoms with Gasteiger partial charge in [-0.2, -0.15) is 13.2 Å². The van der Waals surface area contributed by atoms with E-state index in [-0.39, 0.29) is 18.1 Å². The summed E-state index contributed by atoms with van der Waals surface area (Å²) in [5, 5.41) is 18.5. The number of carbonyl (C=O) groups is 3. The van der Waals surface area contributed by atoms with Gasteiger partial charge < -0.3 is 21.1 Å². The predicted molar refractivity (Wildman–Crippen MR) is 144 cm³/mol. The Kier molecular flexibility index (Phi) is 8.34. The highest BCUT2D eigenvalue weighted by atomic mass is 19.4. The first-order chi connectivity index (χ1) is 18.8. The van der Waals surface area contributed by atoms with Crippen LogP contribution in [0, 0.1) is 12.8 Å². The van der Waals surface area contributed by atoms with Gasteiger partial charge in [0.05, 0.1) is 17.0 Å². The molecule has 0 spiro atoms. The van der Waals surface area contributed by atoms with Crippen molar-refractivity contribution in [3.05, 3.63) is 64.7 Å². The molecule has 11 heteroatoms. The Hall–Kier alpha value is -3.73. The van der Waals surface area contributed by atoms with Gasteiger partial charge in [-0.3, -0.25) is 14.4 Å². The number of amides is 3. The molecule has 1 heterocycles. The number of benzodiazepines with no additional fused rings is 1. The number of halogens is 3. The Balaban J connectivity index is 1.68. The lowest BCUT2D eigenvalue weighted by Gasteiger charge is -2.31. The van der Waals surface area contributed by atoms with Crippen LogP contribution in [0.25, 0.3) is 0 Å². The van der Waals surface area contributed by atoms with E-state index in [2.05, 4.69) is 20.9 Å². The molecule has 0 radical (unpaired) electrons. The molecule has 1 unspecified atom stereocenters. The number of para-hydroxylation sites is 1. The molecule has 1 fully saturated rings. The van der Waals surface area contributed by atoms with Crippen LogP contribution in [0.4, 0.5) is 18.9 Å². The minimum absolute atomic E-state index is 0.0619. The van der Waals surface area contributed by atoms with Crippen molar-refractivity contribution in [2.45, 2.75) is 76.9 Å². The van der Waals surface area contributed by atoms with Crippen molar-refractivity contribution in [3.63, 3.8) is 0 Å². The number of aliphatic hydroxyl groups excluding tert-OH is 1. The molecule has 2 aliphatic rings. The molecule has 0 aromatic heterocycles. The van der Waals surface area contributed by atoms with E-state index in [1.807, 2.05) is 13.8 Å². The highest BCUT2D eigenvalue weighted by Crippen LogP contribution is 2.33. The van der Waals surface area contributed by atoms with Crippen LogP contribution in [0.5, 0.6) is 0 Å². The summed E-state index contributed by atoms with van der Waals surface area (Å²) in [6, 6.07) is 9.63. The summed E-state index contributed by atoms with van der Waals surface area (Å²) in [6.07, 6.45) is -5.03. The molecule has 0 saturated heterocycles. The molecule has 40 heavy (non-hydrogen) atoms. The maximum atomic E-state index is 13.6. The molecule has 1 aliphatic heterocycles. The number of fused-ring (bicyclic) bond motifs is 1. The number of benzene rings is 2. The van der Waals surface area contributed by atoms with Crippen molar-refractivity contribution in [3.8, 4) is 0 Å². The number of rotatable bonds is 7. The van der Waals surface area contributed by atoms with E-state index in [0.717, 1.165) is 12.1 Å². The maximum absolute atomic E-state index is 13.6. The molecule has 8 nitrogen and oxygen atoms in total. The van der Waals surface area contributed by atoms with Gasteiger partial charge in [0, 0.05) is 11.1 Å². The third kappa shape index (κ3) is 6.19. The fraction of sp³-hybridized carbons (Fsp3) is 0.448.